The van der Waals surface area contributed by atoms with Gasteiger partial charge in [0.25, 0.3) is 0 Å². The first-order chi connectivity index (χ1) is 9.79. The highest BCUT2D eigenvalue weighted by atomic mass is 127. The van der Waals surface area contributed by atoms with Crippen molar-refractivity contribution in [2.45, 2.75) is 13.0 Å². The van der Waals surface area contributed by atoms with E-state index in [1.165, 1.54) is 0 Å². The van der Waals surface area contributed by atoms with Crippen LogP contribution in [-0.4, -0.2) is 12.9 Å². The van der Waals surface area contributed by atoms with Crippen LogP contribution in [-0.2, 0) is 13.0 Å². The Hall–Kier alpha value is -1.56. The number of carbonyl (C=O) groups excluding carboxylic acids is 1. The molecule has 0 fully saturated rings. The molecule has 3 rings (SSSR count). The second-order valence-electron chi connectivity index (χ2n) is 4.58. The molecule has 1 heterocycles. The van der Waals surface area contributed by atoms with Gasteiger partial charge in [-0.25, -0.2) is 0 Å². The van der Waals surface area contributed by atoms with E-state index in [0.717, 1.165) is 33.2 Å². The molecule has 0 bridgehead atoms. The van der Waals surface area contributed by atoms with Gasteiger partial charge in [0, 0.05) is 21.1 Å². The number of rotatable bonds is 4. The van der Waals surface area contributed by atoms with Crippen molar-refractivity contribution < 1.29 is 14.3 Å². The summed E-state index contributed by atoms with van der Waals surface area (Å²) >= 11 is 2.20. The summed E-state index contributed by atoms with van der Waals surface area (Å²) in [6.45, 7) is 1.12. The summed E-state index contributed by atoms with van der Waals surface area (Å²) in [6.07, 6.45) is 1.70. The third kappa shape index (κ3) is 2.52. The molecule has 2 aromatic rings. The van der Waals surface area contributed by atoms with Crippen molar-refractivity contribution in [3.63, 3.8) is 0 Å². The predicted octanol–water partition coefficient (Wildman–Crippen LogP) is 3.62. The van der Waals surface area contributed by atoms with Crippen LogP contribution in [0.3, 0.4) is 0 Å². The third-order valence-electron chi connectivity index (χ3n) is 3.27. The van der Waals surface area contributed by atoms with Crippen LogP contribution >= 0.6 is 22.6 Å². The average Bonchev–Trinajstić information content (AvgIpc) is 2.98. The number of carbonyl (C=O) groups is 1. The van der Waals surface area contributed by atoms with Crippen LogP contribution in [0.4, 0.5) is 0 Å². The molecule has 4 heteroatoms. The number of halogens is 1. The van der Waals surface area contributed by atoms with Crippen molar-refractivity contribution in [2.24, 2.45) is 0 Å². The molecule has 0 amide bonds. The van der Waals surface area contributed by atoms with Gasteiger partial charge >= 0.3 is 0 Å². The fourth-order valence-electron chi connectivity index (χ4n) is 2.26. The molecule has 20 heavy (non-hydrogen) atoms. The van der Waals surface area contributed by atoms with E-state index in [1.807, 2.05) is 30.3 Å². The highest BCUT2D eigenvalue weighted by Gasteiger charge is 2.23. The van der Waals surface area contributed by atoms with E-state index >= 15 is 0 Å². The lowest BCUT2D eigenvalue weighted by Crippen LogP contribution is -2.00. The van der Waals surface area contributed by atoms with Crippen LogP contribution in [0.5, 0.6) is 11.5 Å². The smallest absolute Gasteiger partial charge is 0.165 e. The van der Waals surface area contributed by atoms with E-state index < -0.39 is 0 Å². The summed E-state index contributed by atoms with van der Waals surface area (Å²) in [5.74, 6) is 1.44. The van der Waals surface area contributed by atoms with Crippen LogP contribution < -0.4 is 9.47 Å². The number of hydrogen-bond acceptors (Lipinski definition) is 3. The van der Waals surface area contributed by atoms with E-state index in [-0.39, 0.29) is 0 Å². The first-order valence-electron chi connectivity index (χ1n) is 6.39. The topological polar surface area (TPSA) is 35.5 Å². The van der Waals surface area contributed by atoms with Crippen LogP contribution in [0.1, 0.15) is 21.5 Å². The van der Waals surface area contributed by atoms with Crippen molar-refractivity contribution in [1.82, 2.24) is 0 Å². The molecule has 0 spiro atoms. The number of benzene rings is 2. The molecule has 0 aromatic heterocycles. The van der Waals surface area contributed by atoms with Crippen LogP contribution in [0.25, 0.3) is 0 Å². The van der Waals surface area contributed by atoms with Crippen LogP contribution in [0, 0.1) is 3.57 Å². The molecule has 0 saturated carbocycles. The van der Waals surface area contributed by atoms with Gasteiger partial charge in [-0.05, 0) is 34.2 Å². The molecule has 0 N–H and O–H groups in total. The fraction of sp³-hybridized carbons (Fsp3) is 0.188. The van der Waals surface area contributed by atoms with Gasteiger partial charge in [-0.3, -0.25) is 4.79 Å². The Morgan fingerprint density at radius 3 is 2.85 bits per heavy atom. The minimum Gasteiger partial charge on any atom is -0.489 e. The molecule has 1 aliphatic rings. The predicted molar refractivity (Wildman–Crippen MR) is 84.5 cm³/mol. The molecule has 102 valence electrons. The summed E-state index contributed by atoms with van der Waals surface area (Å²) in [5, 5.41) is 0. The first-order valence-corrected chi connectivity index (χ1v) is 7.47. The Morgan fingerprint density at radius 1 is 1.30 bits per heavy atom. The van der Waals surface area contributed by atoms with Crippen molar-refractivity contribution >= 4 is 28.9 Å². The van der Waals surface area contributed by atoms with E-state index in [9.17, 15) is 4.79 Å². The molecular weight excluding hydrogens is 367 g/mol. The Balaban J connectivity index is 1.90. The van der Waals surface area contributed by atoms with Gasteiger partial charge in [0.15, 0.2) is 17.8 Å². The van der Waals surface area contributed by atoms with Crippen molar-refractivity contribution in [3.8, 4) is 11.5 Å². The maximum Gasteiger partial charge on any atom is 0.165 e. The van der Waals surface area contributed by atoms with Crippen LogP contribution in [0.15, 0.2) is 36.4 Å². The number of ether oxygens (including phenoxy) is 2. The Morgan fingerprint density at radius 2 is 2.10 bits per heavy atom. The zero-order chi connectivity index (χ0) is 13.9. The van der Waals surface area contributed by atoms with Crippen LogP contribution in [0.2, 0.25) is 0 Å². The summed E-state index contributed by atoms with van der Waals surface area (Å²) in [5.41, 5.74) is 2.83. The maximum absolute atomic E-state index is 11.2. The number of fused-ring (bicyclic) bond motifs is 1. The standard InChI is InChI=1S/C16H13IO3/c17-15-12(9-18)8-14(16-13(15)6-7-19-16)20-10-11-4-2-1-3-5-11/h1-5,8-9H,6-7,10H2. The lowest BCUT2D eigenvalue weighted by molar-refractivity contribution is 0.112. The van der Waals surface area contributed by atoms with Crippen molar-refractivity contribution in [2.75, 3.05) is 6.61 Å². The van der Waals surface area contributed by atoms with Gasteiger partial charge < -0.3 is 9.47 Å². The first kappa shape index (κ1) is 13.4. The van der Waals surface area contributed by atoms with Gasteiger partial charge in [-0.1, -0.05) is 30.3 Å². The quantitative estimate of drug-likeness (QED) is 0.601. The fourth-order valence-corrected chi connectivity index (χ4v) is 3.06. The molecule has 3 nitrogen and oxygen atoms in total. The maximum atomic E-state index is 11.2. The zero-order valence-electron chi connectivity index (χ0n) is 10.8. The van der Waals surface area contributed by atoms with Gasteiger partial charge in [0.05, 0.1) is 6.61 Å². The zero-order valence-corrected chi connectivity index (χ0v) is 12.9. The number of hydrogen-bond donors (Lipinski definition) is 0. The Bertz CT molecular complexity index is 638. The van der Waals surface area contributed by atoms with E-state index in [2.05, 4.69) is 22.6 Å². The molecule has 0 unspecified atom stereocenters. The lowest BCUT2D eigenvalue weighted by Gasteiger charge is -2.12. The molecule has 0 saturated heterocycles. The SMILES string of the molecule is O=Cc1cc(OCc2ccccc2)c2c(c1I)CCO2. The molecule has 2 aromatic carbocycles. The normalized spacial score (nSPS) is 12.7. The highest BCUT2D eigenvalue weighted by molar-refractivity contribution is 14.1. The monoisotopic (exact) mass is 380 g/mol. The summed E-state index contributed by atoms with van der Waals surface area (Å²) in [4.78, 5) is 11.2. The van der Waals surface area contributed by atoms with Gasteiger partial charge in [0.2, 0.25) is 0 Å². The van der Waals surface area contributed by atoms with E-state index in [4.69, 9.17) is 9.47 Å². The molecule has 0 atom stereocenters. The minimum atomic E-state index is 0.468. The summed E-state index contributed by atoms with van der Waals surface area (Å²) in [7, 11) is 0. The summed E-state index contributed by atoms with van der Waals surface area (Å²) in [6, 6.07) is 11.7. The van der Waals surface area contributed by atoms with Gasteiger partial charge in [-0.2, -0.15) is 0 Å². The Labute approximate surface area is 131 Å². The molecular formula is C16H13IO3. The van der Waals surface area contributed by atoms with E-state index in [0.29, 0.717) is 24.5 Å². The lowest BCUT2D eigenvalue weighted by atomic mass is 10.1. The van der Waals surface area contributed by atoms with Gasteiger partial charge in [0.1, 0.15) is 6.61 Å². The third-order valence-corrected chi connectivity index (χ3v) is 4.54. The second kappa shape index (κ2) is 5.83. The minimum absolute atomic E-state index is 0.468. The number of aldehydes is 1. The van der Waals surface area contributed by atoms with E-state index in [1.54, 1.807) is 6.07 Å². The highest BCUT2D eigenvalue weighted by Crippen LogP contribution is 2.40. The average molecular weight is 380 g/mol. The molecule has 0 radical (unpaired) electrons. The molecule has 0 aliphatic carbocycles. The second-order valence-corrected chi connectivity index (χ2v) is 5.65. The largest absolute Gasteiger partial charge is 0.489 e. The Kier molecular flexibility index (Phi) is 3.91. The molecule has 1 aliphatic heterocycles. The van der Waals surface area contributed by atoms with Gasteiger partial charge in [-0.15, -0.1) is 0 Å². The van der Waals surface area contributed by atoms with Crippen molar-refractivity contribution in [3.05, 3.63) is 56.7 Å². The van der Waals surface area contributed by atoms with Crippen molar-refractivity contribution in [1.29, 1.82) is 0 Å². The summed E-state index contributed by atoms with van der Waals surface area (Å²) < 4.78 is 12.5.